The first kappa shape index (κ1) is 28.5. The fourth-order valence-electron chi connectivity index (χ4n) is 7.21. The van der Waals surface area contributed by atoms with Crippen molar-refractivity contribution < 1.29 is 9.59 Å². The Hall–Kier alpha value is -4.97. The van der Waals surface area contributed by atoms with Gasteiger partial charge in [-0.15, -0.1) is 0 Å². The second-order valence-corrected chi connectivity index (χ2v) is 12.8. The lowest BCUT2D eigenvalue weighted by Crippen LogP contribution is -2.43. The number of carbonyl (C=O) groups is 2. The van der Waals surface area contributed by atoms with Crippen molar-refractivity contribution in [2.24, 2.45) is 24.5 Å². The van der Waals surface area contributed by atoms with Gasteiger partial charge in [0.05, 0.1) is 24.2 Å². The van der Waals surface area contributed by atoms with Gasteiger partial charge < -0.3 is 4.90 Å². The third-order valence-electron chi connectivity index (χ3n) is 9.81. The summed E-state index contributed by atoms with van der Waals surface area (Å²) in [5.41, 5.74) is 6.35. The van der Waals surface area contributed by atoms with Gasteiger partial charge in [-0.05, 0) is 49.1 Å². The topological polar surface area (TPSA) is 118 Å². The van der Waals surface area contributed by atoms with Crippen molar-refractivity contribution >= 4 is 28.9 Å². The van der Waals surface area contributed by atoms with Crippen LogP contribution in [0.3, 0.4) is 0 Å². The Kier molecular flexibility index (Phi) is 6.89. The Bertz CT molecular complexity index is 1900. The van der Waals surface area contributed by atoms with Crippen molar-refractivity contribution in [1.82, 2.24) is 39.3 Å². The number of aromatic nitrogens is 6. The number of hydrogen-bond donors (Lipinski definition) is 0. The maximum absolute atomic E-state index is 13.9. The van der Waals surface area contributed by atoms with Gasteiger partial charge in [-0.3, -0.25) is 33.7 Å². The van der Waals surface area contributed by atoms with Crippen LogP contribution in [0.15, 0.2) is 66.1 Å². The van der Waals surface area contributed by atoms with Crippen molar-refractivity contribution in [3.63, 3.8) is 0 Å². The van der Waals surface area contributed by atoms with Crippen LogP contribution in [0.5, 0.6) is 0 Å². The van der Waals surface area contributed by atoms with Crippen molar-refractivity contribution in [2.45, 2.75) is 25.8 Å². The van der Waals surface area contributed by atoms with E-state index in [2.05, 4.69) is 43.3 Å². The molecule has 46 heavy (non-hydrogen) atoms. The maximum Gasteiger partial charge on any atom is 0.237 e. The van der Waals surface area contributed by atoms with E-state index >= 15 is 0 Å². The van der Waals surface area contributed by atoms with Gasteiger partial charge in [0.15, 0.2) is 5.82 Å². The third-order valence-corrected chi connectivity index (χ3v) is 9.81. The lowest BCUT2D eigenvalue weighted by atomic mass is 9.85. The molecule has 2 amide bonds. The molecule has 4 aliphatic rings. The van der Waals surface area contributed by atoms with Crippen LogP contribution >= 0.6 is 0 Å². The van der Waals surface area contributed by atoms with E-state index < -0.39 is 5.41 Å². The monoisotopic (exact) mass is 616 g/mol. The number of aliphatic imine (C=N–C) groups is 1. The highest BCUT2D eigenvalue weighted by atomic mass is 16.2. The molecule has 1 atom stereocenters. The molecule has 2 saturated heterocycles. The number of anilines is 1. The molecule has 2 fully saturated rings. The highest BCUT2D eigenvalue weighted by Gasteiger charge is 2.51. The minimum Gasteiger partial charge on any atom is -0.338 e. The molecule has 4 aliphatic heterocycles. The van der Waals surface area contributed by atoms with Crippen molar-refractivity contribution in [2.75, 3.05) is 44.2 Å². The Morgan fingerprint density at radius 3 is 2.50 bits per heavy atom. The number of fused-ring (bicyclic) bond motifs is 1. The molecule has 0 saturated carbocycles. The summed E-state index contributed by atoms with van der Waals surface area (Å²) in [5, 5.41) is 8.88. The van der Waals surface area contributed by atoms with Gasteiger partial charge in [-0.25, -0.2) is 9.97 Å². The Labute approximate surface area is 267 Å². The molecule has 1 aromatic carbocycles. The second-order valence-electron chi connectivity index (χ2n) is 12.8. The van der Waals surface area contributed by atoms with E-state index in [1.807, 2.05) is 60.4 Å². The number of pyridine rings is 1. The number of rotatable bonds is 6. The average Bonchev–Trinajstić information content (AvgIpc) is 3.91. The number of likely N-dealkylation sites (tertiary alicyclic amines) is 1. The molecule has 12 heteroatoms. The quantitative estimate of drug-likeness (QED) is 0.327. The second kappa shape index (κ2) is 11.1. The zero-order valence-corrected chi connectivity index (χ0v) is 26.1. The Morgan fingerprint density at radius 2 is 1.76 bits per heavy atom. The highest BCUT2D eigenvalue weighted by molar-refractivity contribution is 6.13. The molecular formula is C34H36N10O2. The molecule has 0 aliphatic carbocycles. The molecule has 0 unspecified atom stereocenters. The van der Waals surface area contributed by atoms with Gasteiger partial charge in [0, 0.05) is 57.6 Å². The number of hydrogen-bond acceptors (Lipinski definition) is 8. The lowest BCUT2D eigenvalue weighted by molar-refractivity contribution is -0.132. The van der Waals surface area contributed by atoms with E-state index in [1.54, 1.807) is 15.7 Å². The van der Waals surface area contributed by atoms with Crippen LogP contribution in [-0.4, -0.2) is 96.1 Å². The van der Waals surface area contributed by atoms with E-state index in [1.165, 1.54) is 5.57 Å². The first-order chi connectivity index (χ1) is 22.3. The van der Waals surface area contributed by atoms with Gasteiger partial charge in [-0.2, -0.15) is 10.2 Å². The van der Waals surface area contributed by atoms with Crippen LogP contribution in [-0.2, 0) is 30.2 Å². The summed E-state index contributed by atoms with van der Waals surface area (Å²) >= 11 is 0. The first-order valence-electron chi connectivity index (χ1n) is 15.9. The van der Waals surface area contributed by atoms with Gasteiger partial charge in [-0.1, -0.05) is 36.4 Å². The van der Waals surface area contributed by atoms with Crippen LogP contribution < -0.4 is 4.90 Å². The normalized spacial score (nSPS) is 21.3. The summed E-state index contributed by atoms with van der Waals surface area (Å²) < 4.78 is 3.45. The molecule has 0 radical (unpaired) electrons. The van der Waals surface area contributed by atoms with Crippen LogP contribution in [0.2, 0.25) is 0 Å². The summed E-state index contributed by atoms with van der Waals surface area (Å²) in [5.74, 6) is 1.61. The molecule has 8 rings (SSSR count). The van der Waals surface area contributed by atoms with Crippen molar-refractivity contribution in [1.29, 1.82) is 0 Å². The molecule has 3 aromatic heterocycles. The number of nitrogens with zero attached hydrogens (tertiary/aromatic N) is 10. The predicted octanol–water partition coefficient (Wildman–Crippen LogP) is 2.71. The minimum atomic E-state index is -0.467. The predicted molar refractivity (Wildman–Crippen MR) is 173 cm³/mol. The minimum absolute atomic E-state index is 0.111. The standard InChI is InChI=1S/C34H36N10O2/c1-40-14-11-27(38-40)31-30-26(19-35-31)7-8-28(37-30)44-18-13-34(33(44)46)12-17-42(21-34)20-29(45)43-15-9-24(10-16-43)23-3-5-25(6-4-23)32-36-22-41(2)39-32/h3-9,11,14,22H,10,12-13,15-21H2,1-2H3/t34-/m0/s1. The van der Waals surface area contributed by atoms with E-state index in [0.29, 0.717) is 50.9 Å². The highest BCUT2D eigenvalue weighted by Crippen LogP contribution is 2.42. The third kappa shape index (κ3) is 5.02. The molecule has 234 valence electrons. The van der Waals surface area contributed by atoms with Crippen LogP contribution in [0.1, 0.15) is 41.8 Å². The summed E-state index contributed by atoms with van der Waals surface area (Å²) in [6, 6.07) is 14.2. The summed E-state index contributed by atoms with van der Waals surface area (Å²) in [6.45, 7) is 4.16. The van der Waals surface area contributed by atoms with Gasteiger partial charge in [0.2, 0.25) is 11.8 Å². The van der Waals surface area contributed by atoms with E-state index in [-0.39, 0.29) is 11.8 Å². The average molecular weight is 617 g/mol. The van der Waals surface area contributed by atoms with Crippen molar-refractivity contribution in [3.8, 4) is 11.4 Å². The fourth-order valence-corrected chi connectivity index (χ4v) is 7.21. The molecule has 7 heterocycles. The smallest absolute Gasteiger partial charge is 0.237 e. The Balaban J connectivity index is 0.882. The van der Waals surface area contributed by atoms with Gasteiger partial charge in [0.1, 0.15) is 23.6 Å². The van der Waals surface area contributed by atoms with E-state index in [9.17, 15) is 9.59 Å². The van der Waals surface area contributed by atoms with Gasteiger partial charge in [0.25, 0.3) is 0 Å². The molecule has 12 nitrogen and oxygen atoms in total. The van der Waals surface area contributed by atoms with Crippen LogP contribution in [0, 0.1) is 5.41 Å². The number of carbonyl (C=O) groups excluding carboxylic acids is 2. The Morgan fingerprint density at radius 1 is 0.935 bits per heavy atom. The van der Waals surface area contributed by atoms with Crippen LogP contribution in [0.4, 0.5) is 5.82 Å². The molecule has 1 spiro atoms. The summed E-state index contributed by atoms with van der Waals surface area (Å²) in [4.78, 5) is 47.1. The largest absolute Gasteiger partial charge is 0.338 e. The van der Waals surface area contributed by atoms with E-state index in [4.69, 9.17) is 4.98 Å². The molecule has 4 aromatic rings. The fraction of sp³-hybridized carbons (Fsp3) is 0.382. The zero-order valence-electron chi connectivity index (χ0n) is 26.1. The van der Waals surface area contributed by atoms with Crippen LogP contribution in [0.25, 0.3) is 17.0 Å². The molecular weight excluding hydrogens is 580 g/mol. The van der Waals surface area contributed by atoms with E-state index in [0.717, 1.165) is 59.6 Å². The SMILES string of the molecule is Cn1ccc(C2=NCc3ccc(N4CC[C@]5(CCN(CC(=O)N6CC=C(c7ccc(-c8ncn(C)n8)cc7)CC6)C5)C4=O)nc32)n1. The number of benzene rings is 1. The number of amides is 2. The van der Waals surface area contributed by atoms with Crippen molar-refractivity contribution in [3.05, 3.63) is 83.6 Å². The lowest BCUT2D eigenvalue weighted by Gasteiger charge is -2.29. The molecule has 0 N–H and O–H groups in total. The van der Waals surface area contributed by atoms with Gasteiger partial charge >= 0.3 is 0 Å². The summed E-state index contributed by atoms with van der Waals surface area (Å²) in [6.07, 6.45) is 8.09. The zero-order chi connectivity index (χ0) is 31.4. The number of aryl methyl sites for hydroxylation is 2. The first-order valence-corrected chi connectivity index (χ1v) is 15.9. The summed E-state index contributed by atoms with van der Waals surface area (Å²) in [7, 11) is 3.74. The molecule has 0 bridgehead atoms. The maximum atomic E-state index is 13.9.